The number of aliphatic hydroxyl groups excluding tert-OH is 1. The number of aliphatic hydroxyl groups is 1. The zero-order valence-corrected chi connectivity index (χ0v) is 10.9. The maximum Gasteiger partial charge on any atom is 0.417 e. The quantitative estimate of drug-likeness (QED) is 0.785. The maximum atomic E-state index is 12.6. The van der Waals surface area contributed by atoms with Gasteiger partial charge in [-0.1, -0.05) is 0 Å². The predicted molar refractivity (Wildman–Crippen MR) is 67.9 cm³/mol. The van der Waals surface area contributed by atoms with E-state index in [4.69, 9.17) is 5.11 Å². The number of hydrogen-bond acceptors (Lipinski definition) is 3. The molecule has 2 amide bonds. The van der Waals surface area contributed by atoms with Crippen LogP contribution in [0.15, 0.2) is 17.1 Å². The molecule has 2 rings (SSSR count). The molecule has 1 saturated carbocycles. The lowest BCUT2D eigenvalue weighted by Gasteiger charge is -2.21. The van der Waals surface area contributed by atoms with E-state index in [0.717, 1.165) is 12.8 Å². The first-order valence-electron chi connectivity index (χ1n) is 6.31. The average molecular weight is 305 g/mol. The van der Waals surface area contributed by atoms with Crippen LogP contribution in [0, 0.1) is 0 Å². The van der Waals surface area contributed by atoms with E-state index >= 15 is 0 Å². The van der Waals surface area contributed by atoms with Gasteiger partial charge < -0.3 is 20.3 Å². The van der Waals surface area contributed by atoms with E-state index in [0.29, 0.717) is 12.3 Å². The molecule has 0 spiro atoms. The molecule has 0 aliphatic heterocycles. The number of anilines is 1. The zero-order chi connectivity index (χ0) is 15.6. The van der Waals surface area contributed by atoms with Gasteiger partial charge in [-0.25, -0.2) is 4.79 Å². The molecule has 1 fully saturated rings. The Morgan fingerprint density at radius 2 is 2.14 bits per heavy atom. The summed E-state index contributed by atoms with van der Waals surface area (Å²) in [6, 6.07) is -0.154. The van der Waals surface area contributed by atoms with Crippen LogP contribution in [0.2, 0.25) is 0 Å². The summed E-state index contributed by atoms with van der Waals surface area (Å²) >= 11 is 0. The van der Waals surface area contributed by atoms with Gasteiger partial charge in [0.25, 0.3) is 5.56 Å². The summed E-state index contributed by atoms with van der Waals surface area (Å²) in [5.74, 6) is 0. The van der Waals surface area contributed by atoms with Crippen LogP contribution in [-0.4, -0.2) is 40.2 Å². The van der Waals surface area contributed by atoms with Gasteiger partial charge in [-0.05, 0) is 18.9 Å². The molecule has 1 aromatic heterocycles. The van der Waals surface area contributed by atoms with Crippen molar-refractivity contribution in [3.05, 3.63) is 28.2 Å². The molecule has 116 valence electrons. The summed E-state index contributed by atoms with van der Waals surface area (Å²) in [5.41, 5.74) is -2.35. The minimum absolute atomic E-state index is 0.0398. The SMILES string of the molecule is O=C(Nc1cc(C(F)(F)F)c[nH]c1=O)N(CCO)C1CC1. The van der Waals surface area contributed by atoms with Crippen molar-refractivity contribution in [1.29, 1.82) is 0 Å². The normalized spacial score (nSPS) is 14.9. The summed E-state index contributed by atoms with van der Waals surface area (Å²) in [6.45, 7) is -0.198. The molecule has 6 nitrogen and oxygen atoms in total. The van der Waals surface area contributed by atoms with E-state index in [1.807, 2.05) is 4.98 Å². The molecule has 3 N–H and O–H groups in total. The number of hydrogen-bond donors (Lipinski definition) is 3. The molecule has 1 aliphatic rings. The Balaban J connectivity index is 2.18. The molecule has 0 radical (unpaired) electrons. The first-order valence-corrected chi connectivity index (χ1v) is 6.31. The number of carbonyl (C=O) groups is 1. The van der Waals surface area contributed by atoms with E-state index < -0.39 is 29.0 Å². The highest BCUT2D eigenvalue weighted by molar-refractivity contribution is 5.89. The molecular formula is C12H14F3N3O3. The molecule has 0 unspecified atom stereocenters. The van der Waals surface area contributed by atoms with Crippen molar-refractivity contribution in [2.24, 2.45) is 0 Å². The number of nitrogens with zero attached hydrogens (tertiary/aromatic N) is 1. The van der Waals surface area contributed by atoms with Crippen LogP contribution in [-0.2, 0) is 6.18 Å². The average Bonchev–Trinajstić information content (AvgIpc) is 3.21. The van der Waals surface area contributed by atoms with Gasteiger partial charge in [0.15, 0.2) is 0 Å². The topological polar surface area (TPSA) is 85.4 Å². The summed E-state index contributed by atoms with van der Waals surface area (Å²) in [7, 11) is 0. The lowest BCUT2D eigenvalue weighted by atomic mass is 10.2. The van der Waals surface area contributed by atoms with Gasteiger partial charge in [-0.15, -0.1) is 0 Å². The minimum Gasteiger partial charge on any atom is -0.395 e. The minimum atomic E-state index is -4.62. The van der Waals surface area contributed by atoms with Crippen LogP contribution in [0.1, 0.15) is 18.4 Å². The summed E-state index contributed by atoms with van der Waals surface area (Å²) in [4.78, 5) is 26.7. The van der Waals surface area contributed by atoms with Crippen LogP contribution < -0.4 is 10.9 Å². The smallest absolute Gasteiger partial charge is 0.395 e. The lowest BCUT2D eigenvalue weighted by Crippen LogP contribution is -2.39. The van der Waals surface area contributed by atoms with Crippen molar-refractivity contribution < 1.29 is 23.1 Å². The van der Waals surface area contributed by atoms with Crippen LogP contribution in [0.3, 0.4) is 0 Å². The van der Waals surface area contributed by atoms with Crippen LogP contribution in [0.4, 0.5) is 23.7 Å². The Labute approximate surface area is 117 Å². The van der Waals surface area contributed by atoms with Crippen LogP contribution in [0.5, 0.6) is 0 Å². The Bertz CT molecular complexity index is 581. The number of urea groups is 1. The molecular weight excluding hydrogens is 291 g/mol. The Kier molecular flexibility index (Phi) is 4.21. The van der Waals surface area contributed by atoms with E-state index in [1.54, 1.807) is 0 Å². The Hall–Kier alpha value is -2.03. The third-order valence-corrected chi connectivity index (χ3v) is 3.06. The highest BCUT2D eigenvalue weighted by Crippen LogP contribution is 2.30. The molecule has 0 aromatic carbocycles. The number of aromatic nitrogens is 1. The molecule has 9 heteroatoms. The van der Waals surface area contributed by atoms with Crippen molar-refractivity contribution >= 4 is 11.7 Å². The number of carbonyl (C=O) groups excluding carboxylic acids is 1. The van der Waals surface area contributed by atoms with E-state index in [1.165, 1.54) is 4.90 Å². The number of amides is 2. The number of rotatable bonds is 4. The second kappa shape index (κ2) is 5.76. The molecule has 0 saturated heterocycles. The molecule has 0 atom stereocenters. The van der Waals surface area contributed by atoms with Gasteiger partial charge in [0.1, 0.15) is 5.69 Å². The van der Waals surface area contributed by atoms with Gasteiger partial charge in [0.05, 0.1) is 12.2 Å². The van der Waals surface area contributed by atoms with E-state index in [2.05, 4.69) is 5.32 Å². The number of alkyl halides is 3. The van der Waals surface area contributed by atoms with Gasteiger partial charge in [-0.2, -0.15) is 13.2 Å². The molecule has 1 aromatic rings. The van der Waals surface area contributed by atoms with E-state index in [9.17, 15) is 22.8 Å². The van der Waals surface area contributed by atoms with Gasteiger partial charge >= 0.3 is 12.2 Å². The number of aromatic amines is 1. The van der Waals surface area contributed by atoms with Gasteiger partial charge in [-0.3, -0.25) is 4.79 Å². The largest absolute Gasteiger partial charge is 0.417 e. The number of nitrogens with one attached hydrogen (secondary N) is 2. The molecule has 1 heterocycles. The van der Waals surface area contributed by atoms with Crippen molar-refractivity contribution in [2.75, 3.05) is 18.5 Å². The van der Waals surface area contributed by atoms with Crippen molar-refractivity contribution in [1.82, 2.24) is 9.88 Å². The van der Waals surface area contributed by atoms with Crippen molar-refractivity contribution in [2.45, 2.75) is 25.1 Å². The monoisotopic (exact) mass is 305 g/mol. The molecule has 21 heavy (non-hydrogen) atoms. The van der Waals surface area contributed by atoms with Gasteiger partial charge in [0.2, 0.25) is 0 Å². The standard InChI is InChI=1S/C12H14F3N3O3/c13-12(14,15)7-5-9(10(20)16-6-7)17-11(21)18(3-4-19)8-1-2-8/h5-6,8,19H,1-4H2,(H,16,20)(H,17,21). The Morgan fingerprint density at radius 3 is 2.67 bits per heavy atom. The fourth-order valence-corrected chi connectivity index (χ4v) is 1.87. The maximum absolute atomic E-state index is 12.6. The third kappa shape index (κ3) is 3.75. The first kappa shape index (κ1) is 15.4. The third-order valence-electron chi connectivity index (χ3n) is 3.06. The summed E-state index contributed by atoms with van der Waals surface area (Å²) < 4.78 is 37.7. The first-order chi connectivity index (χ1) is 9.82. The molecule has 1 aliphatic carbocycles. The number of H-pyrrole nitrogens is 1. The van der Waals surface area contributed by atoms with Crippen molar-refractivity contribution in [3.8, 4) is 0 Å². The second-order valence-electron chi connectivity index (χ2n) is 4.71. The van der Waals surface area contributed by atoms with Gasteiger partial charge in [0, 0.05) is 18.8 Å². The summed E-state index contributed by atoms with van der Waals surface area (Å²) in [6.07, 6.45) is -2.53. The fourth-order valence-electron chi connectivity index (χ4n) is 1.87. The summed E-state index contributed by atoms with van der Waals surface area (Å²) in [5, 5.41) is 11.1. The van der Waals surface area contributed by atoms with Crippen LogP contribution >= 0.6 is 0 Å². The fraction of sp³-hybridized carbons (Fsp3) is 0.500. The lowest BCUT2D eigenvalue weighted by molar-refractivity contribution is -0.137. The zero-order valence-electron chi connectivity index (χ0n) is 10.9. The number of pyridine rings is 1. The molecule has 0 bridgehead atoms. The second-order valence-corrected chi connectivity index (χ2v) is 4.71. The van der Waals surface area contributed by atoms with Crippen LogP contribution in [0.25, 0.3) is 0 Å². The van der Waals surface area contributed by atoms with E-state index in [-0.39, 0.29) is 19.2 Å². The predicted octanol–water partition coefficient (Wildman–Crippen LogP) is 1.38. The van der Waals surface area contributed by atoms with Crippen molar-refractivity contribution in [3.63, 3.8) is 0 Å². The number of halogens is 3. The highest BCUT2D eigenvalue weighted by atomic mass is 19.4. The Morgan fingerprint density at radius 1 is 1.48 bits per heavy atom. The highest BCUT2D eigenvalue weighted by Gasteiger charge is 2.34.